The van der Waals surface area contributed by atoms with E-state index >= 15 is 0 Å². The molecular weight excluding hydrogens is 314 g/mol. The van der Waals surface area contributed by atoms with E-state index in [1.54, 1.807) is 0 Å². The molecule has 1 aromatic rings. The maximum absolute atomic E-state index is 4.86. The van der Waals surface area contributed by atoms with Gasteiger partial charge in [-0.2, -0.15) is 0 Å². The molecule has 0 radical (unpaired) electrons. The van der Waals surface area contributed by atoms with Crippen molar-refractivity contribution in [2.45, 2.75) is 59.5 Å². The quantitative estimate of drug-likeness (QED) is 0.440. The summed E-state index contributed by atoms with van der Waals surface area (Å²) in [5.41, 5.74) is 0. The molecule has 1 N–H and O–H groups in total. The van der Waals surface area contributed by atoms with Crippen LogP contribution in [0.25, 0.3) is 0 Å². The lowest BCUT2D eigenvalue weighted by molar-refractivity contribution is 0.223. The van der Waals surface area contributed by atoms with Crippen molar-refractivity contribution < 1.29 is 0 Å². The molecule has 2 heterocycles. The third kappa shape index (κ3) is 5.17. The zero-order chi connectivity index (χ0) is 18.2. The van der Waals surface area contributed by atoms with Crippen LogP contribution < -0.4 is 5.32 Å². The van der Waals surface area contributed by atoms with Gasteiger partial charge in [0.25, 0.3) is 0 Å². The Kier molecular flexibility index (Phi) is 7.68. The van der Waals surface area contributed by atoms with Gasteiger partial charge in [0.2, 0.25) is 0 Å². The zero-order valence-electron chi connectivity index (χ0n) is 16.6. The van der Waals surface area contributed by atoms with Crippen LogP contribution in [0.5, 0.6) is 0 Å². The van der Waals surface area contributed by atoms with E-state index in [1.165, 1.54) is 12.8 Å². The number of hydrogen-bond donors (Lipinski definition) is 1. The first-order valence-corrected chi connectivity index (χ1v) is 9.72. The van der Waals surface area contributed by atoms with Crippen LogP contribution in [-0.2, 0) is 13.6 Å². The summed E-state index contributed by atoms with van der Waals surface area (Å²) < 4.78 is 2.01. The summed E-state index contributed by atoms with van der Waals surface area (Å²) in [7, 11) is 2.00. The topological polar surface area (TPSA) is 61.6 Å². The van der Waals surface area contributed by atoms with Crippen LogP contribution in [0, 0.1) is 6.92 Å². The van der Waals surface area contributed by atoms with Gasteiger partial charge in [0, 0.05) is 32.7 Å². The zero-order valence-corrected chi connectivity index (χ0v) is 16.6. The van der Waals surface area contributed by atoms with Crippen LogP contribution in [0.4, 0.5) is 0 Å². The van der Waals surface area contributed by atoms with E-state index in [9.17, 15) is 0 Å². The maximum atomic E-state index is 4.86. The van der Waals surface area contributed by atoms with Gasteiger partial charge in [-0.3, -0.25) is 4.90 Å². The van der Waals surface area contributed by atoms with E-state index in [4.69, 9.17) is 4.99 Å². The molecule has 7 nitrogen and oxygen atoms in total. The Morgan fingerprint density at radius 2 is 2.04 bits per heavy atom. The minimum Gasteiger partial charge on any atom is -0.356 e. The second kappa shape index (κ2) is 9.75. The average Bonchev–Trinajstić information content (AvgIpc) is 3.21. The van der Waals surface area contributed by atoms with Gasteiger partial charge in [0.05, 0.1) is 0 Å². The molecule has 1 fully saturated rings. The highest BCUT2D eigenvalue weighted by Crippen LogP contribution is 2.16. The lowest BCUT2D eigenvalue weighted by Gasteiger charge is -2.27. The Labute approximate surface area is 152 Å². The van der Waals surface area contributed by atoms with Crippen molar-refractivity contribution in [1.29, 1.82) is 0 Å². The summed E-state index contributed by atoms with van der Waals surface area (Å²) in [6.07, 6.45) is 3.56. The number of likely N-dealkylation sites (N-methyl/N-ethyl adjacent to an activating group) is 1. The number of likely N-dealkylation sites (tertiary alicyclic amines) is 1. The first kappa shape index (κ1) is 19.7. The van der Waals surface area contributed by atoms with E-state index in [2.05, 4.69) is 46.1 Å². The number of guanidine groups is 1. The van der Waals surface area contributed by atoms with Crippen molar-refractivity contribution >= 4 is 5.96 Å². The number of hydrogen-bond acceptors (Lipinski definition) is 4. The van der Waals surface area contributed by atoms with Gasteiger partial charge < -0.3 is 14.8 Å². The molecule has 0 spiro atoms. The molecule has 7 heteroatoms. The molecule has 0 saturated carbocycles. The molecule has 1 unspecified atom stereocenters. The molecule has 0 amide bonds. The summed E-state index contributed by atoms with van der Waals surface area (Å²) in [4.78, 5) is 9.81. The van der Waals surface area contributed by atoms with Gasteiger partial charge in [-0.15, -0.1) is 10.2 Å². The molecule has 2 rings (SSSR count). The van der Waals surface area contributed by atoms with Gasteiger partial charge in [-0.25, -0.2) is 4.99 Å². The minimum absolute atomic E-state index is 0.568. The van der Waals surface area contributed by atoms with E-state index < -0.39 is 0 Å². The van der Waals surface area contributed by atoms with Crippen molar-refractivity contribution in [3.05, 3.63) is 11.6 Å². The van der Waals surface area contributed by atoms with Crippen molar-refractivity contribution in [2.24, 2.45) is 12.0 Å². The fraction of sp³-hybridized carbons (Fsp3) is 0.833. The van der Waals surface area contributed by atoms with E-state index in [-0.39, 0.29) is 0 Å². The maximum Gasteiger partial charge on any atom is 0.194 e. The van der Waals surface area contributed by atoms with Crippen LogP contribution in [0.2, 0.25) is 0 Å². The molecule has 1 aliphatic heterocycles. The Balaban J connectivity index is 2.05. The van der Waals surface area contributed by atoms with Crippen LogP contribution in [0.3, 0.4) is 0 Å². The Morgan fingerprint density at radius 1 is 1.28 bits per heavy atom. The highest BCUT2D eigenvalue weighted by atomic mass is 15.3. The summed E-state index contributed by atoms with van der Waals surface area (Å²) >= 11 is 0. The standard InChI is InChI=1S/C18H35N7/c1-6-9-11-19-18(20-13-17-22-21-15(4)23(17)5)25-12-10-16(14-25)24(7-2)8-3/h16H,6-14H2,1-5H3,(H,19,20). The van der Waals surface area contributed by atoms with Crippen LogP contribution in [-0.4, -0.2) is 69.3 Å². The smallest absolute Gasteiger partial charge is 0.194 e. The second-order valence-corrected chi connectivity index (χ2v) is 6.75. The predicted molar refractivity (Wildman–Crippen MR) is 103 cm³/mol. The van der Waals surface area contributed by atoms with Crippen molar-refractivity contribution in [3.8, 4) is 0 Å². The fourth-order valence-electron chi connectivity index (χ4n) is 3.35. The molecule has 0 bridgehead atoms. The normalized spacial score (nSPS) is 18.4. The van der Waals surface area contributed by atoms with Gasteiger partial charge in [-0.1, -0.05) is 27.2 Å². The molecule has 142 valence electrons. The van der Waals surface area contributed by atoms with Gasteiger partial charge in [-0.05, 0) is 32.9 Å². The van der Waals surface area contributed by atoms with Crippen molar-refractivity contribution in [3.63, 3.8) is 0 Å². The fourth-order valence-corrected chi connectivity index (χ4v) is 3.35. The molecule has 0 aliphatic carbocycles. The first-order valence-electron chi connectivity index (χ1n) is 9.72. The number of aryl methyl sites for hydroxylation is 1. The number of unbranched alkanes of at least 4 members (excludes halogenated alkanes) is 1. The summed E-state index contributed by atoms with van der Waals surface area (Å²) in [6, 6.07) is 0.630. The van der Waals surface area contributed by atoms with Crippen LogP contribution in [0.15, 0.2) is 4.99 Å². The minimum atomic E-state index is 0.568. The first-order chi connectivity index (χ1) is 12.1. The number of nitrogens with zero attached hydrogens (tertiary/aromatic N) is 6. The molecule has 25 heavy (non-hydrogen) atoms. The molecule has 1 saturated heterocycles. The van der Waals surface area contributed by atoms with Gasteiger partial charge in [0.15, 0.2) is 11.8 Å². The highest BCUT2D eigenvalue weighted by molar-refractivity contribution is 5.80. The summed E-state index contributed by atoms with van der Waals surface area (Å²) in [6.45, 7) is 14.6. The SMILES string of the molecule is CCCCNC(=NCc1nnc(C)n1C)N1CCC(N(CC)CC)C1. The van der Waals surface area contributed by atoms with E-state index in [0.717, 1.165) is 56.8 Å². The lowest BCUT2D eigenvalue weighted by atomic mass is 10.2. The molecule has 0 aromatic carbocycles. The third-order valence-corrected chi connectivity index (χ3v) is 5.16. The van der Waals surface area contributed by atoms with E-state index in [1.807, 2.05) is 18.5 Å². The van der Waals surface area contributed by atoms with Crippen LogP contribution >= 0.6 is 0 Å². The Bertz CT molecular complexity index is 548. The molecule has 1 atom stereocenters. The Hall–Kier alpha value is -1.63. The Morgan fingerprint density at radius 3 is 2.64 bits per heavy atom. The van der Waals surface area contributed by atoms with Gasteiger partial charge in [0.1, 0.15) is 12.4 Å². The highest BCUT2D eigenvalue weighted by Gasteiger charge is 2.28. The predicted octanol–water partition coefficient (Wildman–Crippen LogP) is 1.79. The lowest BCUT2D eigenvalue weighted by Crippen LogP contribution is -2.43. The van der Waals surface area contributed by atoms with Crippen molar-refractivity contribution in [1.82, 2.24) is 29.9 Å². The molecule has 1 aromatic heterocycles. The van der Waals surface area contributed by atoms with Crippen molar-refractivity contribution in [2.75, 3.05) is 32.7 Å². The summed E-state index contributed by atoms with van der Waals surface area (Å²) in [5.74, 6) is 2.85. The monoisotopic (exact) mass is 349 g/mol. The number of aromatic nitrogens is 3. The third-order valence-electron chi connectivity index (χ3n) is 5.16. The van der Waals surface area contributed by atoms with Gasteiger partial charge >= 0.3 is 0 Å². The molecular formula is C18H35N7. The largest absolute Gasteiger partial charge is 0.356 e. The molecule has 1 aliphatic rings. The average molecular weight is 350 g/mol. The number of rotatable bonds is 8. The van der Waals surface area contributed by atoms with E-state index in [0.29, 0.717) is 12.6 Å². The van der Waals surface area contributed by atoms with Crippen LogP contribution in [0.1, 0.15) is 51.7 Å². The summed E-state index contributed by atoms with van der Waals surface area (Å²) in [5, 5.41) is 11.9. The number of aliphatic imine (C=N–C) groups is 1. The second-order valence-electron chi connectivity index (χ2n) is 6.75. The number of nitrogens with one attached hydrogen (secondary N) is 1.